The van der Waals surface area contributed by atoms with Gasteiger partial charge >= 0.3 is 12.2 Å². The second-order valence-electron chi connectivity index (χ2n) is 14.7. The number of methoxy groups -OCH3 is 2. The Morgan fingerprint density at radius 2 is 1.04 bits per heavy atom. The molecule has 0 bridgehead atoms. The minimum absolute atomic E-state index is 0.0261. The summed E-state index contributed by atoms with van der Waals surface area (Å²) in [6.07, 6.45) is 2.54. The Morgan fingerprint density at radius 3 is 1.39 bits per heavy atom. The molecular weight excluding hydrogens is 702 g/mol. The van der Waals surface area contributed by atoms with Gasteiger partial charge in [-0.05, 0) is 93.9 Å². The van der Waals surface area contributed by atoms with Crippen LogP contribution < -0.4 is 32.3 Å². The Balaban J connectivity index is 0. The molecule has 0 aliphatic carbocycles. The Hall–Kier alpha value is -4.25. The predicted molar refractivity (Wildman–Crippen MR) is 207 cm³/mol. The topological polar surface area (TPSA) is 238 Å². The van der Waals surface area contributed by atoms with Gasteiger partial charge in [-0.1, -0.05) is 6.58 Å². The fraction of sp³-hybridized carbons (Fsp3) is 0.757. The molecule has 7 N–H and O–H groups in total. The largest absolute Gasteiger partial charge is 0.444 e. The van der Waals surface area contributed by atoms with Crippen molar-refractivity contribution in [1.29, 1.82) is 0 Å². The van der Waals surface area contributed by atoms with Crippen LogP contribution in [0.25, 0.3) is 0 Å². The first-order chi connectivity index (χ1) is 25.1. The summed E-state index contributed by atoms with van der Waals surface area (Å²) in [4.78, 5) is 75.7. The van der Waals surface area contributed by atoms with E-state index in [2.05, 4.69) is 38.2 Å². The molecule has 0 aliphatic heterocycles. The third kappa shape index (κ3) is 33.6. The molecular formula is C37H69N7O10. The standard InChI is InChI=1S/C23H42N4O7.C14H27N3O3/c1-16(28)15-17(18(29)24-13-10-14-32-8)11-9-12-25-19(26-20(30)33-22(2,3)4)27-21(31)34-23(5,6)7;1-11(18)10-13(6-4-7-16-12(2)15)14(19)17-8-5-9-20-3/h17H,9-15H2,1-8H3,(H,24,29)(H2,25,26,27,30,31);13,16H,2,4-10,15H2,1,3H3,(H,17,19)/t17-;13-/m11/s1. The average molecular weight is 772 g/mol. The number of hydrogen-bond acceptors (Lipinski definition) is 13. The van der Waals surface area contributed by atoms with Gasteiger partial charge in [-0.25, -0.2) is 9.59 Å². The number of nitrogens with two attached hydrogens (primary N) is 1. The first kappa shape index (κ1) is 51.9. The van der Waals surface area contributed by atoms with E-state index in [0.29, 0.717) is 64.4 Å². The molecule has 4 amide bonds. The highest BCUT2D eigenvalue weighted by atomic mass is 16.6. The molecule has 0 aromatic rings. The fourth-order valence-electron chi connectivity index (χ4n) is 4.53. The molecule has 0 aromatic heterocycles. The van der Waals surface area contributed by atoms with Crippen LogP contribution >= 0.6 is 0 Å². The van der Waals surface area contributed by atoms with E-state index in [1.54, 1.807) is 55.8 Å². The van der Waals surface area contributed by atoms with Crippen LogP contribution in [0.15, 0.2) is 17.4 Å². The van der Waals surface area contributed by atoms with Crippen LogP contribution in [-0.2, 0) is 38.1 Å². The summed E-state index contributed by atoms with van der Waals surface area (Å²) in [5.41, 5.74) is 3.92. The number of carbonyl (C=O) groups excluding carboxylic acids is 6. The van der Waals surface area contributed by atoms with Crippen LogP contribution in [0, 0.1) is 11.8 Å². The summed E-state index contributed by atoms with van der Waals surface area (Å²) < 4.78 is 20.3. The molecule has 0 saturated heterocycles. The molecule has 0 rings (SSSR count). The first-order valence-corrected chi connectivity index (χ1v) is 18.3. The van der Waals surface area contributed by atoms with E-state index in [0.717, 1.165) is 12.8 Å². The van der Waals surface area contributed by atoms with Crippen LogP contribution in [0.1, 0.15) is 107 Å². The van der Waals surface area contributed by atoms with E-state index >= 15 is 0 Å². The first-order valence-electron chi connectivity index (χ1n) is 18.3. The van der Waals surface area contributed by atoms with Gasteiger partial charge in [-0.15, -0.1) is 0 Å². The van der Waals surface area contributed by atoms with Crippen molar-refractivity contribution in [3.63, 3.8) is 0 Å². The number of Topliss-reactive ketones (excluding diaryl/α,β-unsaturated/α-hetero) is 2. The summed E-state index contributed by atoms with van der Waals surface area (Å²) in [6, 6.07) is 0. The highest BCUT2D eigenvalue weighted by Crippen LogP contribution is 2.14. The second kappa shape index (κ2) is 29.2. The molecule has 0 heterocycles. The van der Waals surface area contributed by atoms with Crippen LogP contribution in [0.4, 0.5) is 9.59 Å². The summed E-state index contributed by atoms with van der Waals surface area (Å²) >= 11 is 0. The van der Waals surface area contributed by atoms with Gasteiger partial charge in [0.2, 0.25) is 17.8 Å². The number of nitrogens with zero attached hydrogens (tertiary/aromatic N) is 1. The zero-order valence-electron chi connectivity index (χ0n) is 34.4. The lowest BCUT2D eigenvalue weighted by Crippen LogP contribution is -2.47. The Bertz CT molecular complexity index is 1160. The molecule has 17 nitrogen and oxygen atoms in total. The predicted octanol–water partition coefficient (Wildman–Crippen LogP) is 3.45. The summed E-state index contributed by atoms with van der Waals surface area (Å²) in [6.45, 7) is 19.7. The lowest BCUT2D eigenvalue weighted by atomic mass is 9.96. The molecule has 0 unspecified atom stereocenters. The maximum atomic E-state index is 12.4. The molecule has 0 saturated carbocycles. The van der Waals surface area contributed by atoms with E-state index in [9.17, 15) is 28.8 Å². The van der Waals surface area contributed by atoms with Crippen LogP contribution in [0.3, 0.4) is 0 Å². The van der Waals surface area contributed by atoms with E-state index in [-0.39, 0.29) is 54.6 Å². The van der Waals surface area contributed by atoms with Gasteiger partial charge in [0, 0.05) is 78.3 Å². The van der Waals surface area contributed by atoms with Gasteiger partial charge in [0.05, 0.1) is 5.82 Å². The maximum absolute atomic E-state index is 12.4. The number of ether oxygens (including phenoxy) is 4. The SMILES string of the molecule is C=C(N)NCCC[C@H](CC(C)=O)C(=O)NCCCOC.COCCCNC(=O)[C@H](CCCN=C(NC(=O)OC(C)(C)C)NC(=O)OC(C)(C)C)CC(C)=O. The molecule has 0 radical (unpaired) electrons. The van der Waals surface area contributed by atoms with Crippen LogP contribution in [0.5, 0.6) is 0 Å². The number of guanidine groups is 1. The van der Waals surface area contributed by atoms with Gasteiger partial charge in [-0.2, -0.15) is 0 Å². The number of amides is 4. The summed E-state index contributed by atoms with van der Waals surface area (Å²) in [5.74, 6) is -0.804. The fourth-order valence-corrected chi connectivity index (χ4v) is 4.53. The average Bonchev–Trinajstić information content (AvgIpc) is 3.02. The number of ketones is 2. The minimum atomic E-state index is -0.785. The molecule has 312 valence electrons. The van der Waals surface area contributed by atoms with Gasteiger partial charge < -0.3 is 50.2 Å². The number of carbonyl (C=O) groups is 6. The van der Waals surface area contributed by atoms with E-state index in [1.807, 2.05) is 0 Å². The zero-order valence-corrected chi connectivity index (χ0v) is 34.4. The molecule has 2 atom stereocenters. The van der Waals surface area contributed by atoms with Crippen molar-refractivity contribution in [3.8, 4) is 0 Å². The van der Waals surface area contributed by atoms with Crippen molar-refractivity contribution in [2.45, 2.75) is 118 Å². The van der Waals surface area contributed by atoms with Gasteiger partial charge in [0.1, 0.15) is 22.8 Å². The number of alkyl carbamates (subject to hydrolysis) is 2. The third-order valence-corrected chi connectivity index (χ3v) is 6.76. The Labute approximate surface area is 322 Å². The molecule has 54 heavy (non-hydrogen) atoms. The van der Waals surface area contributed by atoms with Crippen molar-refractivity contribution < 1.29 is 47.7 Å². The van der Waals surface area contributed by atoms with Gasteiger partial charge in [0.25, 0.3) is 0 Å². The van der Waals surface area contributed by atoms with Crippen LogP contribution in [0.2, 0.25) is 0 Å². The van der Waals surface area contributed by atoms with Crippen molar-refractivity contribution in [3.05, 3.63) is 12.4 Å². The molecule has 17 heteroatoms. The number of nitrogens with one attached hydrogen (secondary N) is 5. The Morgan fingerprint density at radius 1 is 0.648 bits per heavy atom. The van der Waals surface area contributed by atoms with E-state index < -0.39 is 29.3 Å². The lowest BCUT2D eigenvalue weighted by Gasteiger charge is -2.22. The summed E-state index contributed by atoms with van der Waals surface area (Å²) in [7, 11) is 3.21. The second-order valence-corrected chi connectivity index (χ2v) is 14.7. The van der Waals surface area contributed by atoms with E-state index in [1.165, 1.54) is 13.8 Å². The molecule has 0 fully saturated rings. The van der Waals surface area contributed by atoms with Crippen molar-refractivity contribution >= 4 is 41.5 Å². The molecule has 0 aliphatic rings. The molecule has 0 aromatic carbocycles. The highest BCUT2D eigenvalue weighted by Gasteiger charge is 2.23. The quantitative estimate of drug-likeness (QED) is 0.0498. The smallest absolute Gasteiger partial charge is 0.414 e. The molecule has 0 spiro atoms. The number of rotatable bonds is 23. The lowest BCUT2D eigenvalue weighted by molar-refractivity contribution is -0.129. The van der Waals surface area contributed by atoms with Crippen molar-refractivity contribution in [2.24, 2.45) is 22.6 Å². The van der Waals surface area contributed by atoms with E-state index in [4.69, 9.17) is 24.7 Å². The number of hydrogen-bond donors (Lipinski definition) is 6. The maximum Gasteiger partial charge on any atom is 0.414 e. The number of aliphatic imine (C=N–C) groups is 1. The summed E-state index contributed by atoms with van der Waals surface area (Å²) in [5, 5.41) is 13.4. The normalized spacial score (nSPS) is 12.0. The van der Waals surface area contributed by atoms with Crippen molar-refractivity contribution in [2.75, 3.05) is 53.6 Å². The van der Waals surface area contributed by atoms with Gasteiger partial charge in [0.15, 0.2) is 0 Å². The minimum Gasteiger partial charge on any atom is -0.444 e. The monoisotopic (exact) mass is 772 g/mol. The zero-order chi connectivity index (χ0) is 41.7. The van der Waals surface area contributed by atoms with Gasteiger partial charge in [-0.3, -0.25) is 25.2 Å². The third-order valence-electron chi connectivity index (χ3n) is 6.76. The highest BCUT2D eigenvalue weighted by molar-refractivity contribution is 6.01. The van der Waals surface area contributed by atoms with Crippen LogP contribution in [-0.4, -0.2) is 106 Å². The van der Waals surface area contributed by atoms with Crippen molar-refractivity contribution in [1.82, 2.24) is 26.6 Å². The Kier molecular flexibility index (Phi) is 28.0.